The number of nitrogens with two attached hydrogens (primary N) is 2. The van der Waals surface area contributed by atoms with Crippen LogP contribution in [0.1, 0.15) is 38.0 Å². The zero-order chi connectivity index (χ0) is 22.6. The van der Waals surface area contributed by atoms with E-state index in [1.54, 1.807) is 24.3 Å². The van der Waals surface area contributed by atoms with Crippen LogP contribution in [0.4, 0.5) is 13.2 Å². The molecule has 3 rings (SSSR count). The van der Waals surface area contributed by atoms with Gasteiger partial charge in [0, 0.05) is 24.2 Å². The fraction of sp³-hybridized carbons (Fsp3) is 0.333. The summed E-state index contributed by atoms with van der Waals surface area (Å²) in [5.74, 6) is -0.913. The lowest BCUT2D eigenvalue weighted by Gasteiger charge is -2.35. The van der Waals surface area contributed by atoms with Crippen molar-refractivity contribution in [2.45, 2.75) is 18.4 Å². The Hall–Kier alpha value is -2.95. The van der Waals surface area contributed by atoms with E-state index in [0.717, 1.165) is 12.1 Å². The van der Waals surface area contributed by atoms with Gasteiger partial charge in [-0.05, 0) is 35.9 Å². The molecule has 1 atom stereocenters. The Morgan fingerprint density at radius 1 is 1.13 bits per heavy atom. The highest BCUT2D eigenvalue weighted by Gasteiger charge is 2.33. The van der Waals surface area contributed by atoms with Crippen molar-refractivity contribution < 1.29 is 27.5 Å². The van der Waals surface area contributed by atoms with Crippen LogP contribution in [-0.4, -0.2) is 49.1 Å². The van der Waals surface area contributed by atoms with E-state index in [1.165, 1.54) is 17.0 Å². The Bertz CT molecular complexity index is 932. The predicted octanol–water partition coefficient (Wildman–Crippen LogP) is 1.89. The molecule has 1 aliphatic rings. The Balaban J connectivity index is 1.68. The predicted molar refractivity (Wildman–Crippen MR) is 107 cm³/mol. The van der Waals surface area contributed by atoms with Crippen molar-refractivity contribution in [1.29, 1.82) is 0 Å². The minimum atomic E-state index is -4.54. The van der Waals surface area contributed by atoms with Crippen molar-refractivity contribution in [2.75, 3.05) is 26.3 Å². The van der Waals surface area contributed by atoms with Crippen LogP contribution in [0.15, 0.2) is 48.5 Å². The maximum Gasteiger partial charge on any atom is 0.416 e. The Morgan fingerprint density at radius 2 is 1.84 bits per heavy atom. The summed E-state index contributed by atoms with van der Waals surface area (Å²) >= 11 is 0. The standard InChI is InChI=1S/C21H23F3N4O3/c22-21(23,24)16-3-1-2-15(10-16)20(30)28-8-9-31-12-17(28)11-27-19(29)14-6-4-13(5-7-14)18(25)26/h1-7,10,17-18H,8-9,11-12,25-26H2,(H,27,29). The molecule has 0 radical (unpaired) electrons. The minimum absolute atomic E-state index is 0.0678. The first-order valence-corrected chi connectivity index (χ1v) is 9.62. The number of nitrogens with zero attached hydrogens (tertiary/aromatic N) is 1. The van der Waals surface area contributed by atoms with Gasteiger partial charge in [-0.25, -0.2) is 0 Å². The van der Waals surface area contributed by atoms with Gasteiger partial charge in [0.15, 0.2) is 0 Å². The fourth-order valence-electron chi connectivity index (χ4n) is 3.25. The summed E-state index contributed by atoms with van der Waals surface area (Å²) in [7, 11) is 0. The summed E-state index contributed by atoms with van der Waals surface area (Å²) in [5.41, 5.74) is 11.3. The van der Waals surface area contributed by atoms with E-state index in [4.69, 9.17) is 16.2 Å². The molecule has 0 aromatic heterocycles. The Labute approximate surface area is 177 Å². The van der Waals surface area contributed by atoms with E-state index in [1.807, 2.05) is 0 Å². The van der Waals surface area contributed by atoms with Gasteiger partial charge >= 0.3 is 6.18 Å². The van der Waals surface area contributed by atoms with Crippen molar-refractivity contribution in [3.05, 3.63) is 70.8 Å². The molecule has 0 aliphatic carbocycles. The number of carbonyl (C=O) groups excluding carboxylic acids is 2. The third-order valence-corrected chi connectivity index (χ3v) is 4.98. The van der Waals surface area contributed by atoms with E-state index in [0.29, 0.717) is 11.1 Å². The van der Waals surface area contributed by atoms with E-state index in [2.05, 4.69) is 5.32 Å². The molecule has 2 amide bonds. The van der Waals surface area contributed by atoms with E-state index < -0.39 is 29.9 Å². The van der Waals surface area contributed by atoms with Gasteiger partial charge < -0.3 is 26.4 Å². The van der Waals surface area contributed by atoms with Crippen LogP contribution in [0.5, 0.6) is 0 Å². The molecule has 31 heavy (non-hydrogen) atoms. The number of halogens is 3. The topological polar surface area (TPSA) is 111 Å². The number of rotatable bonds is 5. The summed E-state index contributed by atoms with van der Waals surface area (Å²) in [6, 6.07) is 10.2. The maximum atomic E-state index is 13.0. The van der Waals surface area contributed by atoms with Gasteiger partial charge in [-0.2, -0.15) is 13.2 Å². The van der Waals surface area contributed by atoms with Gasteiger partial charge in [-0.1, -0.05) is 18.2 Å². The highest BCUT2D eigenvalue weighted by Crippen LogP contribution is 2.30. The number of benzene rings is 2. The molecule has 1 saturated heterocycles. The molecule has 1 aliphatic heterocycles. The molecule has 5 N–H and O–H groups in total. The molecule has 166 valence electrons. The van der Waals surface area contributed by atoms with Crippen LogP contribution in [0.2, 0.25) is 0 Å². The first-order valence-electron chi connectivity index (χ1n) is 9.62. The minimum Gasteiger partial charge on any atom is -0.377 e. The smallest absolute Gasteiger partial charge is 0.377 e. The normalized spacial score (nSPS) is 17.0. The molecule has 1 heterocycles. The number of ether oxygens (including phenoxy) is 1. The lowest BCUT2D eigenvalue weighted by atomic mass is 10.1. The highest BCUT2D eigenvalue weighted by atomic mass is 19.4. The molecule has 0 bridgehead atoms. The molecule has 1 unspecified atom stereocenters. The van der Waals surface area contributed by atoms with Crippen molar-refractivity contribution >= 4 is 11.8 Å². The average Bonchev–Trinajstić information content (AvgIpc) is 2.76. The van der Waals surface area contributed by atoms with Crippen LogP contribution in [0.25, 0.3) is 0 Å². The van der Waals surface area contributed by atoms with Crippen LogP contribution < -0.4 is 16.8 Å². The SMILES string of the molecule is NC(N)c1ccc(C(=O)NCC2COCCN2C(=O)c2cccc(C(F)(F)F)c2)cc1. The lowest BCUT2D eigenvalue weighted by molar-refractivity contribution is -0.137. The molecular weight excluding hydrogens is 413 g/mol. The van der Waals surface area contributed by atoms with Gasteiger partial charge in [-0.15, -0.1) is 0 Å². The third kappa shape index (κ3) is 5.60. The molecular formula is C21H23F3N4O3. The van der Waals surface area contributed by atoms with Gasteiger partial charge in [0.1, 0.15) is 0 Å². The van der Waals surface area contributed by atoms with E-state index >= 15 is 0 Å². The van der Waals surface area contributed by atoms with Crippen molar-refractivity contribution in [3.63, 3.8) is 0 Å². The number of morpholine rings is 1. The molecule has 0 spiro atoms. The number of hydrogen-bond acceptors (Lipinski definition) is 5. The second kappa shape index (κ2) is 9.46. The molecule has 2 aromatic carbocycles. The quantitative estimate of drug-likeness (QED) is 0.620. The van der Waals surface area contributed by atoms with Crippen molar-refractivity contribution in [3.8, 4) is 0 Å². The first-order chi connectivity index (χ1) is 14.7. The second-order valence-corrected chi connectivity index (χ2v) is 7.16. The molecule has 7 nitrogen and oxygen atoms in total. The summed E-state index contributed by atoms with van der Waals surface area (Å²) in [6.45, 7) is 0.711. The van der Waals surface area contributed by atoms with Gasteiger partial charge in [0.05, 0.1) is 31.0 Å². The fourth-order valence-corrected chi connectivity index (χ4v) is 3.25. The molecule has 1 fully saturated rings. The lowest BCUT2D eigenvalue weighted by Crippen LogP contribution is -2.53. The van der Waals surface area contributed by atoms with Gasteiger partial charge in [0.2, 0.25) is 0 Å². The zero-order valence-corrected chi connectivity index (χ0v) is 16.6. The Morgan fingerprint density at radius 3 is 2.48 bits per heavy atom. The van der Waals surface area contributed by atoms with Gasteiger partial charge in [-0.3, -0.25) is 9.59 Å². The number of hydrogen-bond donors (Lipinski definition) is 3. The summed E-state index contributed by atoms with van der Waals surface area (Å²) in [6.07, 6.45) is -5.19. The number of carbonyl (C=O) groups is 2. The molecule has 10 heteroatoms. The Kier molecular flexibility index (Phi) is 6.94. The van der Waals surface area contributed by atoms with Gasteiger partial charge in [0.25, 0.3) is 11.8 Å². The molecule has 0 saturated carbocycles. The monoisotopic (exact) mass is 436 g/mol. The molecule has 2 aromatic rings. The zero-order valence-electron chi connectivity index (χ0n) is 16.6. The number of nitrogens with one attached hydrogen (secondary N) is 1. The number of amides is 2. The summed E-state index contributed by atoms with van der Waals surface area (Å²) < 4.78 is 44.4. The van der Waals surface area contributed by atoms with Crippen LogP contribution in [-0.2, 0) is 10.9 Å². The highest BCUT2D eigenvalue weighted by molar-refractivity contribution is 5.95. The largest absolute Gasteiger partial charge is 0.416 e. The summed E-state index contributed by atoms with van der Waals surface area (Å²) in [4.78, 5) is 26.7. The van der Waals surface area contributed by atoms with Crippen LogP contribution in [0.3, 0.4) is 0 Å². The number of alkyl halides is 3. The van der Waals surface area contributed by atoms with Crippen molar-refractivity contribution in [1.82, 2.24) is 10.2 Å². The maximum absolute atomic E-state index is 13.0. The summed E-state index contributed by atoms with van der Waals surface area (Å²) in [5, 5.41) is 2.73. The van der Waals surface area contributed by atoms with Crippen LogP contribution >= 0.6 is 0 Å². The third-order valence-electron chi connectivity index (χ3n) is 4.98. The van der Waals surface area contributed by atoms with Crippen molar-refractivity contribution in [2.24, 2.45) is 11.5 Å². The second-order valence-electron chi connectivity index (χ2n) is 7.16. The van der Waals surface area contributed by atoms with Crippen LogP contribution in [0, 0.1) is 0 Å². The first kappa shape index (κ1) is 22.7. The van der Waals surface area contributed by atoms with E-state index in [9.17, 15) is 22.8 Å². The van der Waals surface area contributed by atoms with E-state index in [-0.39, 0.29) is 37.8 Å². The average molecular weight is 436 g/mol.